The quantitative estimate of drug-likeness (QED) is 0.450. The number of halogens is 5. The van der Waals surface area contributed by atoms with Gasteiger partial charge in [0, 0.05) is 31.1 Å². The number of amides is 2. The highest BCUT2D eigenvalue weighted by molar-refractivity contribution is 5.98. The number of hydrogen-bond acceptors (Lipinski definition) is 5. The van der Waals surface area contributed by atoms with Crippen LogP contribution in [0, 0.1) is 23.0 Å². The fourth-order valence-corrected chi connectivity index (χ4v) is 5.31. The Kier molecular flexibility index (Phi) is 8.93. The SMILES string of the molecule is CC(C)(CN1CCC(COc2ccc(-c3ccc(C(=O)N4C[C@H](O)C[C@H]4C(N)=O)c(F)c3)c(F)c2)CC1)C(F)(F)F. The molecule has 2 saturated heterocycles. The summed E-state index contributed by atoms with van der Waals surface area (Å²) in [7, 11) is 0. The Morgan fingerprint density at radius 3 is 2.32 bits per heavy atom. The van der Waals surface area contributed by atoms with Crippen LogP contribution in [0.1, 0.15) is 43.5 Å². The van der Waals surface area contributed by atoms with E-state index in [0.29, 0.717) is 25.9 Å². The number of β-amino-alcohol motifs (C(OH)–C–C–N with tert-alkyl or cyclic N) is 1. The third-order valence-corrected chi connectivity index (χ3v) is 7.90. The van der Waals surface area contributed by atoms with Crippen LogP contribution in [-0.4, -0.2) is 77.8 Å². The van der Waals surface area contributed by atoms with Crippen LogP contribution in [0.25, 0.3) is 11.1 Å². The molecule has 2 fully saturated rings. The summed E-state index contributed by atoms with van der Waals surface area (Å²) in [6, 6.07) is 6.71. The van der Waals surface area contributed by atoms with Crippen molar-refractivity contribution in [2.45, 2.75) is 51.4 Å². The Hall–Kier alpha value is -3.25. The van der Waals surface area contributed by atoms with E-state index >= 15 is 0 Å². The zero-order valence-electron chi connectivity index (χ0n) is 22.9. The van der Waals surface area contributed by atoms with Crippen LogP contribution >= 0.6 is 0 Å². The second-order valence-electron chi connectivity index (χ2n) is 11.5. The second-order valence-corrected chi connectivity index (χ2v) is 11.5. The van der Waals surface area contributed by atoms with E-state index in [4.69, 9.17) is 10.5 Å². The van der Waals surface area contributed by atoms with E-state index in [9.17, 15) is 36.6 Å². The average Bonchev–Trinajstić information content (AvgIpc) is 3.29. The van der Waals surface area contributed by atoms with Gasteiger partial charge in [0.1, 0.15) is 23.4 Å². The molecule has 7 nitrogen and oxygen atoms in total. The smallest absolute Gasteiger partial charge is 0.395 e. The van der Waals surface area contributed by atoms with Gasteiger partial charge < -0.3 is 25.4 Å². The molecular weight excluding hydrogens is 549 g/mol. The lowest BCUT2D eigenvalue weighted by Crippen LogP contribution is -2.46. The van der Waals surface area contributed by atoms with E-state index < -0.39 is 47.2 Å². The molecule has 41 heavy (non-hydrogen) atoms. The number of nitrogens with two attached hydrogens (primary N) is 1. The highest BCUT2D eigenvalue weighted by Crippen LogP contribution is 2.39. The van der Waals surface area contributed by atoms with Gasteiger partial charge in [-0.05, 0) is 75.5 Å². The minimum absolute atomic E-state index is 0.0279. The largest absolute Gasteiger partial charge is 0.493 e. The van der Waals surface area contributed by atoms with E-state index in [2.05, 4.69) is 0 Å². The lowest BCUT2D eigenvalue weighted by atomic mass is 9.89. The number of aliphatic hydroxyl groups excluding tert-OH is 1. The number of piperidine rings is 1. The fourth-order valence-electron chi connectivity index (χ4n) is 5.31. The predicted octanol–water partition coefficient (Wildman–Crippen LogP) is 4.37. The predicted molar refractivity (Wildman–Crippen MR) is 141 cm³/mol. The summed E-state index contributed by atoms with van der Waals surface area (Å²) < 4.78 is 75.2. The third kappa shape index (κ3) is 6.98. The molecule has 2 aliphatic heterocycles. The third-order valence-electron chi connectivity index (χ3n) is 7.90. The number of carbonyl (C=O) groups is 2. The average molecular weight is 584 g/mol. The summed E-state index contributed by atoms with van der Waals surface area (Å²) in [5, 5.41) is 9.83. The van der Waals surface area contributed by atoms with Gasteiger partial charge in [0.05, 0.1) is 23.7 Å². The number of likely N-dealkylation sites (tertiary alicyclic amines) is 2. The Labute approximate surface area is 235 Å². The van der Waals surface area contributed by atoms with Crippen LogP contribution in [0.2, 0.25) is 0 Å². The van der Waals surface area contributed by atoms with Crippen molar-refractivity contribution in [1.29, 1.82) is 0 Å². The van der Waals surface area contributed by atoms with Crippen LogP contribution < -0.4 is 10.5 Å². The van der Waals surface area contributed by atoms with Gasteiger partial charge >= 0.3 is 6.18 Å². The topological polar surface area (TPSA) is 96.1 Å². The summed E-state index contributed by atoms with van der Waals surface area (Å²) in [6.07, 6.45) is -3.93. The Balaban J connectivity index is 1.34. The molecule has 2 amide bonds. The van der Waals surface area contributed by atoms with Crippen LogP contribution in [0.5, 0.6) is 5.75 Å². The minimum atomic E-state index is -4.28. The molecule has 0 spiro atoms. The highest BCUT2D eigenvalue weighted by atomic mass is 19.4. The van der Waals surface area contributed by atoms with E-state index in [1.165, 1.54) is 38.1 Å². The van der Waals surface area contributed by atoms with Gasteiger partial charge in [0.15, 0.2) is 0 Å². The first-order chi connectivity index (χ1) is 19.2. The van der Waals surface area contributed by atoms with Crippen LogP contribution in [-0.2, 0) is 4.79 Å². The maximum Gasteiger partial charge on any atom is 0.395 e. The standard InChI is InChI=1S/C29H34F5N3O4/c1-28(2,29(32,33)34)16-36-9-7-17(8-10-36)15-41-20-4-6-21(24(31)13-20)18-3-5-22(23(30)11-18)27(40)37-14-19(38)12-25(37)26(35)39/h3-6,11,13,17,19,25,38H,7-10,12,14-16H2,1-2H3,(H2,35,39)/t19-,25+/m1/s1. The van der Waals surface area contributed by atoms with Crippen molar-refractivity contribution in [1.82, 2.24) is 9.80 Å². The monoisotopic (exact) mass is 583 g/mol. The van der Waals surface area contributed by atoms with Gasteiger partial charge in [-0.3, -0.25) is 9.59 Å². The maximum atomic E-state index is 15.0. The first-order valence-corrected chi connectivity index (χ1v) is 13.5. The molecule has 0 unspecified atom stereocenters. The van der Waals surface area contributed by atoms with Crippen LogP contribution in [0.3, 0.4) is 0 Å². The summed E-state index contributed by atoms with van der Waals surface area (Å²) in [6.45, 7) is 3.51. The number of ether oxygens (including phenoxy) is 1. The number of nitrogens with zero attached hydrogens (tertiary/aromatic N) is 2. The number of benzene rings is 2. The molecule has 2 heterocycles. The summed E-state index contributed by atoms with van der Waals surface area (Å²) in [5.41, 5.74) is 3.46. The van der Waals surface area contributed by atoms with Gasteiger partial charge in [0.2, 0.25) is 5.91 Å². The molecule has 2 aromatic rings. The van der Waals surface area contributed by atoms with Crippen LogP contribution in [0.15, 0.2) is 36.4 Å². The van der Waals surface area contributed by atoms with E-state index in [0.717, 1.165) is 11.0 Å². The molecule has 0 radical (unpaired) electrons. The lowest BCUT2D eigenvalue weighted by molar-refractivity contribution is -0.217. The first kappa shape index (κ1) is 30.7. The van der Waals surface area contributed by atoms with Crippen molar-refractivity contribution in [2.75, 3.05) is 32.8 Å². The number of hydrogen-bond donors (Lipinski definition) is 2. The lowest BCUT2D eigenvalue weighted by Gasteiger charge is -2.38. The first-order valence-electron chi connectivity index (χ1n) is 13.5. The zero-order chi connectivity index (χ0) is 30.1. The number of rotatable bonds is 8. The number of aliphatic hydroxyl groups is 1. The second kappa shape index (κ2) is 11.9. The van der Waals surface area contributed by atoms with Crippen molar-refractivity contribution in [3.05, 3.63) is 53.6 Å². The van der Waals surface area contributed by atoms with Gasteiger partial charge in [-0.2, -0.15) is 13.2 Å². The van der Waals surface area contributed by atoms with Gasteiger partial charge in [-0.25, -0.2) is 8.78 Å². The maximum absolute atomic E-state index is 15.0. The molecule has 2 aliphatic rings. The van der Waals surface area contributed by atoms with Gasteiger partial charge in [-0.15, -0.1) is 0 Å². The molecule has 224 valence electrons. The molecule has 0 bridgehead atoms. The van der Waals surface area contributed by atoms with Crippen molar-refractivity contribution in [2.24, 2.45) is 17.1 Å². The Morgan fingerprint density at radius 2 is 1.73 bits per heavy atom. The molecule has 2 atom stereocenters. The van der Waals surface area contributed by atoms with Crippen molar-refractivity contribution < 1.29 is 41.4 Å². The highest BCUT2D eigenvalue weighted by Gasteiger charge is 2.48. The molecule has 0 aromatic heterocycles. The van der Waals surface area contributed by atoms with E-state index in [1.54, 1.807) is 11.0 Å². The van der Waals surface area contributed by atoms with Crippen molar-refractivity contribution >= 4 is 11.8 Å². The Bertz CT molecular complexity index is 1280. The number of alkyl halides is 3. The normalized spacial score (nSPS) is 20.8. The summed E-state index contributed by atoms with van der Waals surface area (Å²) in [4.78, 5) is 27.3. The fraction of sp³-hybridized carbons (Fsp3) is 0.517. The molecule has 4 rings (SSSR count). The zero-order valence-corrected chi connectivity index (χ0v) is 22.9. The van der Waals surface area contributed by atoms with Crippen molar-refractivity contribution in [3.8, 4) is 16.9 Å². The number of carbonyl (C=O) groups excluding carboxylic acids is 2. The van der Waals surface area contributed by atoms with Gasteiger partial charge in [0.25, 0.3) is 5.91 Å². The molecule has 12 heteroatoms. The molecule has 3 N–H and O–H groups in total. The van der Waals surface area contributed by atoms with Crippen LogP contribution in [0.4, 0.5) is 22.0 Å². The van der Waals surface area contributed by atoms with E-state index in [1.807, 2.05) is 0 Å². The molecular formula is C29H34F5N3O4. The summed E-state index contributed by atoms with van der Waals surface area (Å²) in [5.74, 6) is -2.79. The minimum Gasteiger partial charge on any atom is -0.493 e. The Morgan fingerprint density at radius 1 is 1.05 bits per heavy atom. The van der Waals surface area contributed by atoms with E-state index in [-0.39, 0.29) is 54.5 Å². The molecule has 0 aliphatic carbocycles. The molecule has 0 saturated carbocycles. The van der Waals surface area contributed by atoms with Crippen molar-refractivity contribution in [3.63, 3.8) is 0 Å². The summed E-state index contributed by atoms with van der Waals surface area (Å²) >= 11 is 0. The molecule has 2 aromatic carbocycles. The van der Waals surface area contributed by atoms with Gasteiger partial charge in [-0.1, -0.05) is 6.07 Å². The number of primary amides is 1.